The van der Waals surface area contributed by atoms with E-state index in [4.69, 9.17) is 0 Å². The van der Waals surface area contributed by atoms with E-state index in [1.54, 1.807) is 35.2 Å². The molecule has 10 nitrogen and oxygen atoms in total. The van der Waals surface area contributed by atoms with Crippen molar-refractivity contribution in [2.45, 2.75) is 19.8 Å². The van der Waals surface area contributed by atoms with Gasteiger partial charge in [0, 0.05) is 45.3 Å². The van der Waals surface area contributed by atoms with Gasteiger partial charge in [0.1, 0.15) is 16.4 Å². The van der Waals surface area contributed by atoms with Crippen molar-refractivity contribution in [1.82, 2.24) is 14.4 Å². The van der Waals surface area contributed by atoms with Gasteiger partial charge in [-0.05, 0) is 56.1 Å². The molecule has 11 heteroatoms. The first-order valence-corrected chi connectivity index (χ1v) is 14.1. The van der Waals surface area contributed by atoms with E-state index in [-0.39, 0.29) is 26.0 Å². The van der Waals surface area contributed by atoms with Crippen LogP contribution in [0.3, 0.4) is 0 Å². The first kappa shape index (κ1) is 27.3. The van der Waals surface area contributed by atoms with Gasteiger partial charge in [0.15, 0.2) is 5.57 Å². The lowest BCUT2D eigenvalue weighted by Crippen LogP contribution is -2.48. The summed E-state index contributed by atoms with van der Waals surface area (Å²) in [4.78, 5) is 44.7. The molecule has 3 aromatic rings. The molecule has 0 N–H and O–H groups in total. The highest BCUT2D eigenvalue weighted by Gasteiger charge is 2.26. The summed E-state index contributed by atoms with van der Waals surface area (Å²) in [5.74, 6) is -0.406. The lowest BCUT2D eigenvalue weighted by molar-refractivity contribution is -0.384. The Hall–Kier alpha value is -4.27. The van der Waals surface area contributed by atoms with Crippen molar-refractivity contribution < 1.29 is 9.72 Å². The molecule has 2 aliphatic rings. The number of carbonyl (C=O) groups is 1. The van der Waals surface area contributed by atoms with Gasteiger partial charge < -0.3 is 14.7 Å². The number of nitriles is 1. The van der Waals surface area contributed by atoms with E-state index in [1.807, 2.05) is 31.0 Å². The molecule has 0 atom stereocenters. The van der Waals surface area contributed by atoms with E-state index in [0.29, 0.717) is 43.1 Å². The third-order valence-corrected chi connectivity index (χ3v) is 8.54. The third kappa shape index (κ3) is 5.28. The molecule has 206 valence electrons. The number of aryl methyl sites for hydroxylation is 1. The minimum absolute atomic E-state index is 0.0128. The highest BCUT2D eigenvalue weighted by molar-refractivity contribution is 7.07. The molecule has 0 unspecified atom stereocenters. The van der Waals surface area contributed by atoms with Crippen LogP contribution in [-0.4, -0.2) is 71.5 Å². The number of amides is 1. The zero-order chi connectivity index (χ0) is 28.4. The van der Waals surface area contributed by atoms with Crippen LogP contribution in [0.15, 0.2) is 47.3 Å². The largest absolute Gasteiger partial charge is 0.366 e. The van der Waals surface area contributed by atoms with E-state index in [9.17, 15) is 25.0 Å². The summed E-state index contributed by atoms with van der Waals surface area (Å²) in [6.45, 7) is 5.79. The van der Waals surface area contributed by atoms with Crippen LogP contribution < -0.4 is 19.7 Å². The average Bonchev–Trinajstić information content (AvgIpc) is 3.59. The first-order valence-electron chi connectivity index (χ1n) is 13.2. The van der Waals surface area contributed by atoms with Gasteiger partial charge in [0.2, 0.25) is 0 Å². The number of nitro benzene ring substituents is 1. The Morgan fingerprint density at radius 3 is 2.40 bits per heavy atom. The third-order valence-electron chi connectivity index (χ3n) is 7.45. The van der Waals surface area contributed by atoms with E-state index < -0.39 is 10.8 Å². The minimum atomic E-state index is -0.406. The molecule has 0 bridgehead atoms. The van der Waals surface area contributed by atoms with Crippen molar-refractivity contribution in [1.29, 1.82) is 5.26 Å². The highest BCUT2D eigenvalue weighted by Crippen LogP contribution is 2.31. The summed E-state index contributed by atoms with van der Waals surface area (Å²) in [5, 5.41) is 22.1. The van der Waals surface area contributed by atoms with Crippen molar-refractivity contribution in [2.75, 3.05) is 51.2 Å². The standard InChI is InChI=1S/C29H30N6O4S/c1-20-7-3-4-8-23(20)34-28(37)26(40-29(34)22(19-30)27(36)33-15-13-31(2)14-16-33)18-21-9-10-24(25(17-21)35(38)39)32-11-5-6-12-32/h3-4,7-10,17-18H,5-6,11-16H2,1-2H3. The fourth-order valence-corrected chi connectivity index (χ4v) is 6.28. The number of aromatic nitrogens is 1. The SMILES string of the molecule is Cc1ccccc1-n1c(=C(C#N)C(=O)N2CCN(C)CC2)sc(=Cc2ccc(N3CCCC3)c([N+](=O)[O-])c2)c1=O. The normalized spacial score (nSPS) is 17.2. The number of hydrogen-bond donors (Lipinski definition) is 0. The van der Waals surface area contributed by atoms with Gasteiger partial charge in [0.25, 0.3) is 17.2 Å². The molecule has 40 heavy (non-hydrogen) atoms. The monoisotopic (exact) mass is 558 g/mol. The maximum Gasteiger partial charge on any atom is 0.293 e. The number of piperazine rings is 1. The van der Waals surface area contributed by atoms with Crippen molar-refractivity contribution in [2.24, 2.45) is 0 Å². The molecule has 0 spiro atoms. The van der Waals surface area contributed by atoms with Crippen LogP contribution in [0.1, 0.15) is 24.0 Å². The van der Waals surface area contributed by atoms with Crippen molar-refractivity contribution >= 4 is 40.3 Å². The van der Waals surface area contributed by atoms with E-state index in [1.165, 1.54) is 10.6 Å². The molecule has 0 radical (unpaired) electrons. The quantitative estimate of drug-likeness (QED) is 0.347. The number of hydrogen-bond acceptors (Lipinski definition) is 8. The number of anilines is 1. The topological polar surface area (TPSA) is 116 Å². The fraction of sp³-hybridized carbons (Fsp3) is 0.345. The second-order valence-corrected chi connectivity index (χ2v) is 11.2. The van der Waals surface area contributed by atoms with Crippen molar-refractivity contribution in [3.05, 3.63) is 83.3 Å². The number of para-hydroxylation sites is 1. The zero-order valence-corrected chi connectivity index (χ0v) is 23.3. The maximum absolute atomic E-state index is 13.8. The van der Waals surface area contributed by atoms with Gasteiger partial charge >= 0.3 is 0 Å². The summed E-state index contributed by atoms with van der Waals surface area (Å²) in [6, 6.07) is 14.4. The van der Waals surface area contributed by atoms with Crippen LogP contribution in [0.5, 0.6) is 0 Å². The Kier molecular flexibility index (Phi) is 7.82. The minimum Gasteiger partial charge on any atom is -0.366 e. The molecular formula is C29H30N6O4S. The summed E-state index contributed by atoms with van der Waals surface area (Å²) < 4.78 is 1.95. The zero-order valence-electron chi connectivity index (χ0n) is 22.5. The van der Waals surface area contributed by atoms with Crippen LogP contribution in [0.25, 0.3) is 17.3 Å². The molecule has 2 aliphatic heterocycles. The van der Waals surface area contributed by atoms with Gasteiger partial charge in [-0.3, -0.25) is 24.3 Å². The van der Waals surface area contributed by atoms with Crippen LogP contribution >= 0.6 is 11.3 Å². The van der Waals surface area contributed by atoms with Gasteiger partial charge in [0.05, 0.1) is 15.1 Å². The molecule has 2 saturated heterocycles. The van der Waals surface area contributed by atoms with Crippen LogP contribution in [0.2, 0.25) is 0 Å². The van der Waals surface area contributed by atoms with Gasteiger partial charge in [-0.1, -0.05) is 24.3 Å². The van der Waals surface area contributed by atoms with Crippen LogP contribution in [0.4, 0.5) is 11.4 Å². The summed E-state index contributed by atoms with van der Waals surface area (Å²) in [7, 11) is 1.98. The van der Waals surface area contributed by atoms with E-state index in [2.05, 4.69) is 11.0 Å². The summed E-state index contributed by atoms with van der Waals surface area (Å²) in [6.07, 6.45) is 3.58. The number of thiazole rings is 1. The Bertz CT molecular complexity index is 1690. The van der Waals surface area contributed by atoms with E-state index >= 15 is 0 Å². The number of likely N-dealkylation sites (N-methyl/N-ethyl adjacent to an activating group) is 1. The van der Waals surface area contributed by atoms with Crippen molar-refractivity contribution in [3.63, 3.8) is 0 Å². The number of carbonyl (C=O) groups excluding carboxylic acids is 1. The summed E-state index contributed by atoms with van der Waals surface area (Å²) in [5.41, 5.74) is 1.96. The second-order valence-electron chi connectivity index (χ2n) is 10.1. The lowest BCUT2D eigenvalue weighted by atomic mass is 10.1. The molecule has 0 aliphatic carbocycles. The van der Waals surface area contributed by atoms with Crippen LogP contribution in [-0.2, 0) is 4.79 Å². The van der Waals surface area contributed by atoms with Gasteiger partial charge in [-0.2, -0.15) is 5.26 Å². The van der Waals surface area contributed by atoms with Crippen LogP contribution in [0, 0.1) is 28.4 Å². The Balaban J connectivity index is 1.70. The van der Waals surface area contributed by atoms with Gasteiger partial charge in [-0.25, -0.2) is 0 Å². The molecule has 3 heterocycles. The molecule has 2 aromatic carbocycles. The molecule has 1 aromatic heterocycles. The number of nitrogens with zero attached hydrogens (tertiary/aromatic N) is 6. The second kappa shape index (κ2) is 11.5. The predicted octanol–water partition coefficient (Wildman–Crippen LogP) is 1.99. The van der Waals surface area contributed by atoms with Crippen molar-refractivity contribution in [3.8, 4) is 11.8 Å². The maximum atomic E-state index is 13.8. The Morgan fingerprint density at radius 2 is 1.75 bits per heavy atom. The highest BCUT2D eigenvalue weighted by atomic mass is 32.1. The smallest absolute Gasteiger partial charge is 0.293 e. The molecule has 1 amide bonds. The number of rotatable bonds is 5. The Labute approximate surface area is 235 Å². The predicted molar refractivity (Wildman–Crippen MR) is 155 cm³/mol. The molecular weight excluding hydrogens is 528 g/mol. The fourth-order valence-electron chi connectivity index (χ4n) is 5.19. The Morgan fingerprint density at radius 1 is 1.05 bits per heavy atom. The number of benzene rings is 2. The van der Waals surface area contributed by atoms with Gasteiger partial charge in [-0.15, -0.1) is 11.3 Å². The first-order chi connectivity index (χ1) is 19.3. The molecule has 2 fully saturated rings. The number of nitro groups is 1. The summed E-state index contributed by atoms with van der Waals surface area (Å²) >= 11 is 1.05. The molecule has 0 saturated carbocycles. The van der Waals surface area contributed by atoms with E-state index in [0.717, 1.165) is 42.8 Å². The lowest BCUT2D eigenvalue weighted by Gasteiger charge is -2.32. The average molecular weight is 559 g/mol. The molecule has 5 rings (SSSR count).